The van der Waals surface area contributed by atoms with Gasteiger partial charge in [0.05, 0.1) is 9.79 Å². The van der Waals surface area contributed by atoms with Gasteiger partial charge in [-0.15, -0.1) is 0 Å². The molecule has 0 aliphatic heterocycles. The smallest absolute Gasteiger partial charge is 0.303 e. The third kappa shape index (κ3) is 5.77. The monoisotopic (exact) mass is 390 g/mol. The van der Waals surface area contributed by atoms with E-state index in [1.165, 1.54) is 24.3 Å². The van der Waals surface area contributed by atoms with E-state index in [1.807, 2.05) is 0 Å². The van der Waals surface area contributed by atoms with Gasteiger partial charge in [0.1, 0.15) is 0 Å². The molecule has 2 rings (SSSR count). The third-order valence-electron chi connectivity index (χ3n) is 3.72. The minimum absolute atomic E-state index is 0.00323. The Morgan fingerprint density at radius 2 is 1.56 bits per heavy atom. The molecule has 0 unspecified atom stereocenters. The van der Waals surface area contributed by atoms with E-state index in [1.54, 1.807) is 13.8 Å². The van der Waals surface area contributed by atoms with Crippen molar-refractivity contribution in [1.82, 2.24) is 9.44 Å². The lowest BCUT2D eigenvalue weighted by Gasteiger charge is -2.25. The summed E-state index contributed by atoms with van der Waals surface area (Å²) >= 11 is 0. The van der Waals surface area contributed by atoms with Crippen molar-refractivity contribution in [3.8, 4) is 0 Å². The Kier molecular flexibility index (Phi) is 5.57. The van der Waals surface area contributed by atoms with E-state index in [2.05, 4.69) is 9.44 Å². The van der Waals surface area contributed by atoms with Crippen molar-refractivity contribution in [2.24, 2.45) is 0 Å². The molecule has 0 radical (unpaired) electrons. The molecule has 8 nitrogen and oxygen atoms in total. The molecule has 0 aromatic heterocycles. The van der Waals surface area contributed by atoms with Gasteiger partial charge in [-0.2, -0.15) is 0 Å². The Labute approximate surface area is 147 Å². The fourth-order valence-electron chi connectivity index (χ4n) is 2.18. The first kappa shape index (κ1) is 19.8. The number of sulfonamides is 2. The molecule has 0 heterocycles. The molecule has 3 N–H and O–H groups in total. The molecule has 0 saturated heterocycles. The average molecular weight is 390 g/mol. The third-order valence-corrected chi connectivity index (χ3v) is 6.97. The minimum Gasteiger partial charge on any atom is -0.481 e. The lowest BCUT2D eigenvalue weighted by Crippen LogP contribution is -2.43. The van der Waals surface area contributed by atoms with Gasteiger partial charge in [-0.1, -0.05) is 0 Å². The zero-order chi connectivity index (χ0) is 18.9. The SMILES string of the molecule is CC(C)(CCC(=O)O)NS(=O)(=O)c1ccc(S(=O)(=O)NC2CC2)cc1. The quantitative estimate of drug-likeness (QED) is 0.578. The van der Waals surface area contributed by atoms with Gasteiger partial charge in [0.2, 0.25) is 20.0 Å². The second-order valence-electron chi connectivity index (χ2n) is 6.75. The van der Waals surface area contributed by atoms with Crippen molar-refractivity contribution in [2.45, 2.75) is 60.9 Å². The first-order valence-corrected chi connectivity index (χ1v) is 10.8. The highest BCUT2D eigenvalue weighted by Crippen LogP contribution is 2.23. The number of hydrogen-bond donors (Lipinski definition) is 3. The van der Waals surface area contributed by atoms with Gasteiger partial charge < -0.3 is 5.11 Å². The number of carbonyl (C=O) groups is 1. The summed E-state index contributed by atoms with van der Waals surface area (Å²) in [6, 6.07) is 4.88. The fourth-order valence-corrected chi connectivity index (χ4v) is 4.93. The summed E-state index contributed by atoms with van der Waals surface area (Å²) < 4.78 is 54.0. The summed E-state index contributed by atoms with van der Waals surface area (Å²) in [4.78, 5) is 10.6. The van der Waals surface area contributed by atoms with Crippen molar-refractivity contribution >= 4 is 26.0 Å². The second kappa shape index (κ2) is 7.02. The predicted octanol–water partition coefficient (Wildman–Crippen LogP) is 1.05. The standard InChI is InChI=1S/C15H22N2O6S2/c1-15(2,10-9-14(18)19)17-25(22,23)13-7-5-12(6-8-13)24(20,21)16-11-3-4-11/h5-8,11,16-17H,3-4,9-10H2,1-2H3,(H,18,19). The van der Waals surface area contributed by atoms with E-state index in [-0.39, 0.29) is 28.7 Å². The van der Waals surface area contributed by atoms with Gasteiger partial charge in [0, 0.05) is 18.0 Å². The van der Waals surface area contributed by atoms with Crippen LogP contribution < -0.4 is 9.44 Å². The summed E-state index contributed by atoms with van der Waals surface area (Å²) in [6.07, 6.45) is 1.57. The van der Waals surface area contributed by atoms with Gasteiger partial charge in [0.15, 0.2) is 0 Å². The van der Waals surface area contributed by atoms with Gasteiger partial charge >= 0.3 is 5.97 Å². The first-order valence-electron chi connectivity index (χ1n) is 7.79. The van der Waals surface area contributed by atoms with Crippen molar-refractivity contribution < 1.29 is 26.7 Å². The van der Waals surface area contributed by atoms with Crippen molar-refractivity contribution in [3.63, 3.8) is 0 Å². The van der Waals surface area contributed by atoms with Gasteiger partial charge in [-0.25, -0.2) is 26.3 Å². The van der Waals surface area contributed by atoms with Crippen LogP contribution in [-0.2, 0) is 24.8 Å². The number of hydrogen-bond acceptors (Lipinski definition) is 5. The summed E-state index contributed by atoms with van der Waals surface area (Å²) in [5.41, 5.74) is -0.949. The summed E-state index contributed by atoms with van der Waals surface area (Å²) in [7, 11) is -7.54. The molecule has 0 atom stereocenters. The van der Waals surface area contributed by atoms with Gasteiger partial charge in [-0.3, -0.25) is 4.79 Å². The van der Waals surface area contributed by atoms with Gasteiger partial charge in [0.25, 0.3) is 0 Å². The van der Waals surface area contributed by atoms with Crippen LogP contribution in [0.25, 0.3) is 0 Å². The molecule has 1 aliphatic carbocycles. The molecular formula is C15H22N2O6S2. The number of carboxylic acids is 1. The average Bonchev–Trinajstić information content (AvgIpc) is 3.28. The lowest BCUT2D eigenvalue weighted by atomic mass is 10.0. The zero-order valence-corrected chi connectivity index (χ0v) is 15.7. The van der Waals surface area contributed by atoms with E-state index in [0.717, 1.165) is 12.8 Å². The molecular weight excluding hydrogens is 368 g/mol. The highest BCUT2D eigenvalue weighted by atomic mass is 32.2. The number of nitrogens with one attached hydrogen (secondary N) is 2. The normalized spacial score (nSPS) is 15.9. The van der Waals surface area contributed by atoms with E-state index in [4.69, 9.17) is 5.11 Å². The Bertz CT molecular complexity index is 841. The van der Waals surface area contributed by atoms with E-state index >= 15 is 0 Å². The maximum Gasteiger partial charge on any atom is 0.303 e. The molecule has 1 aliphatic rings. The van der Waals surface area contributed by atoms with Crippen LogP contribution in [0.3, 0.4) is 0 Å². The van der Waals surface area contributed by atoms with Crippen LogP contribution in [-0.4, -0.2) is 39.5 Å². The lowest BCUT2D eigenvalue weighted by molar-refractivity contribution is -0.137. The van der Waals surface area contributed by atoms with Crippen molar-refractivity contribution in [1.29, 1.82) is 0 Å². The molecule has 0 amide bonds. The molecule has 1 aromatic rings. The molecule has 10 heteroatoms. The topological polar surface area (TPSA) is 130 Å². The molecule has 0 spiro atoms. The van der Waals surface area contributed by atoms with Crippen LogP contribution >= 0.6 is 0 Å². The summed E-state index contributed by atoms with van der Waals surface area (Å²) in [5, 5.41) is 8.73. The maximum atomic E-state index is 12.4. The van der Waals surface area contributed by atoms with Gasteiger partial charge in [-0.05, 0) is 57.4 Å². The number of rotatable bonds is 9. The molecule has 1 saturated carbocycles. The zero-order valence-electron chi connectivity index (χ0n) is 14.0. The maximum absolute atomic E-state index is 12.4. The fraction of sp³-hybridized carbons (Fsp3) is 0.533. The van der Waals surface area contributed by atoms with Crippen LogP contribution in [0.5, 0.6) is 0 Å². The molecule has 140 valence electrons. The molecule has 1 fully saturated rings. The van der Waals surface area contributed by atoms with Crippen molar-refractivity contribution in [2.75, 3.05) is 0 Å². The Morgan fingerprint density at radius 1 is 1.08 bits per heavy atom. The van der Waals surface area contributed by atoms with Crippen molar-refractivity contribution in [3.05, 3.63) is 24.3 Å². The summed E-state index contributed by atoms with van der Waals surface area (Å²) in [6.45, 7) is 3.18. The van der Waals surface area contributed by atoms with Crippen LogP contribution in [0, 0.1) is 0 Å². The number of benzene rings is 1. The minimum atomic E-state index is -3.90. The highest BCUT2D eigenvalue weighted by molar-refractivity contribution is 7.90. The number of aliphatic carboxylic acids is 1. The van der Waals surface area contributed by atoms with Crippen LogP contribution in [0.2, 0.25) is 0 Å². The largest absolute Gasteiger partial charge is 0.481 e. The van der Waals surface area contributed by atoms with Crippen LogP contribution in [0.15, 0.2) is 34.1 Å². The molecule has 0 bridgehead atoms. The Balaban J connectivity index is 2.13. The second-order valence-corrected chi connectivity index (χ2v) is 10.1. The predicted molar refractivity (Wildman–Crippen MR) is 91.1 cm³/mol. The molecule has 25 heavy (non-hydrogen) atoms. The van der Waals surface area contributed by atoms with E-state index in [0.29, 0.717) is 0 Å². The van der Waals surface area contributed by atoms with Crippen LogP contribution in [0.1, 0.15) is 39.5 Å². The summed E-state index contributed by atoms with van der Waals surface area (Å²) in [5.74, 6) is -1.01. The first-order chi connectivity index (χ1) is 11.4. The van der Waals surface area contributed by atoms with Crippen LogP contribution in [0.4, 0.5) is 0 Å². The Morgan fingerprint density at radius 3 is 2.00 bits per heavy atom. The Hall–Kier alpha value is -1.49. The van der Waals surface area contributed by atoms with E-state index < -0.39 is 31.6 Å². The molecule has 1 aromatic carbocycles. The highest BCUT2D eigenvalue weighted by Gasteiger charge is 2.29. The number of carboxylic acid groups (broad SMARTS) is 1. The van der Waals surface area contributed by atoms with E-state index in [9.17, 15) is 21.6 Å².